The maximum absolute atomic E-state index is 13.5. The van der Waals surface area contributed by atoms with Gasteiger partial charge in [0, 0.05) is 5.56 Å². The number of carboxylic acid groups (broad SMARTS) is 1. The molecule has 0 radical (unpaired) electrons. The Kier molecular flexibility index (Phi) is 3.09. The zero-order valence-electron chi connectivity index (χ0n) is 10.9. The van der Waals surface area contributed by atoms with Crippen molar-refractivity contribution in [2.45, 2.75) is 26.3 Å². The number of halogens is 1. The number of rotatable bonds is 2. The largest absolute Gasteiger partial charge is 0.478 e. The normalized spacial score (nSPS) is 11.6. The van der Waals surface area contributed by atoms with Crippen LogP contribution < -0.4 is 0 Å². The van der Waals surface area contributed by atoms with E-state index >= 15 is 0 Å². The Bertz CT molecular complexity index is 629. The van der Waals surface area contributed by atoms with Gasteiger partial charge < -0.3 is 5.11 Å². The molecule has 0 fully saturated rings. The third-order valence-corrected chi connectivity index (χ3v) is 2.63. The number of carbonyl (C=O) groups is 1. The molecule has 2 aromatic rings. The van der Waals surface area contributed by atoms with Crippen molar-refractivity contribution >= 4 is 5.97 Å². The van der Waals surface area contributed by atoms with E-state index in [1.165, 1.54) is 18.3 Å². The van der Waals surface area contributed by atoms with E-state index in [2.05, 4.69) is 10.3 Å². The average Bonchev–Trinajstić information content (AvgIpc) is 2.76. The number of hydrogen-bond donors (Lipinski definition) is 1. The van der Waals surface area contributed by atoms with E-state index in [1.807, 2.05) is 20.8 Å². The molecule has 0 saturated carbocycles. The second-order valence-corrected chi connectivity index (χ2v) is 5.24. The van der Waals surface area contributed by atoms with Crippen molar-refractivity contribution in [3.05, 3.63) is 35.8 Å². The third kappa shape index (κ3) is 2.62. The monoisotopic (exact) mass is 263 g/mol. The first-order valence-electron chi connectivity index (χ1n) is 5.74. The smallest absolute Gasteiger partial charge is 0.335 e. The van der Waals surface area contributed by atoms with E-state index in [9.17, 15) is 9.18 Å². The first kappa shape index (κ1) is 13.2. The van der Waals surface area contributed by atoms with Crippen LogP contribution in [0.25, 0.3) is 11.3 Å². The molecule has 0 bridgehead atoms. The summed E-state index contributed by atoms with van der Waals surface area (Å²) in [5, 5.41) is 16.7. The second-order valence-electron chi connectivity index (χ2n) is 5.24. The summed E-state index contributed by atoms with van der Waals surface area (Å²) >= 11 is 0. The third-order valence-electron chi connectivity index (χ3n) is 2.63. The molecule has 0 spiro atoms. The lowest BCUT2D eigenvalue weighted by Crippen LogP contribution is -2.24. The van der Waals surface area contributed by atoms with Crippen molar-refractivity contribution in [2.75, 3.05) is 0 Å². The molecule has 0 saturated heterocycles. The highest BCUT2D eigenvalue weighted by atomic mass is 19.1. The summed E-state index contributed by atoms with van der Waals surface area (Å²) in [6.45, 7) is 5.80. The Hall–Kier alpha value is -2.24. The van der Waals surface area contributed by atoms with Crippen LogP contribution in [0.4, 0.5) is 4.39 Å². The molecular formula is C13H14FN3O2. The van der Waals surface area contributed by atoms with Crippen LogP contribution in [-0.2, 0) is 5.54 Å². The fraction of sp³-hybridized carbons (Fsp3) is 0.308. The fourth-order valence-electron chi connectivity index (χ4n) is 1.79. The summed E-state index contributed by atoms with van der Waals surface area (Å²) in [4.78, 5) is 11.0. The van der Waals surface area contributed by atoms with Crippen molar-refractivity contribution in [3.8, 4) is 11.3 Å². The van der Waals surface area contributed by atoms with E-state index in [0.29, 0.717) is 11.3 Å². The Morgan fingerprint density at radius 3 is 2.58 bits per heavy atom. The number of benzene rings is 1. The number of aromatic nitrogens is 3. The van der Waals surface area contributed by atoms with Gasteiger partial charge >= 0.3 is 5.97 Å². The van der Waals surface area contributed by atoms with Gasteiger partial charge in [0.05, 0.1) is 23.0 Å². The van der Waals surface area contributed by atoms with E-state index in [4.69, 9.17) is 5.11 Å². The Morgan fingerprint density at radius 1 is 1.32 bits per heavy atom. The van der Waals surface area contributed by atoms with E-state index in [1.54, 1.807) is 4.68 Å². The molecule has 0 unspecified atom stereocenters. The number of hydrogen-bond acceptors (Lipinski definition) is 3. The van der Waals surface area contributed by atoms with Gasteiger partial charge in [-0.25, -0.2) is 13.9 Å². The molecule has 100 valence electrons. The van der Waals surface area contributed by atoms with Gasteiger partial charge in [0.2, 0.25) is 0 Å². The molecule has 0 aliphatic rings. The van der Waals surface area contributed by atoms with Crippen molar-refractivity contribution < 1.29 is 14.3 Å². The van der Waals surface area contributed by atoms with Crippen LogP contribution in [0.1, 0.15) is 31.1 Å². The molecule has 0 amide bonds. The summed E-state index contributed by atoms with van der Waals surface area (Å²) in [6.07, 6.45) is 1.49. The molecule has 1 N–H and O–H groups in total. The molecule has 0 aliphatic carbocycles. The second kappa shape index (κ2) is 4.46. The summed E-state index contributed by atoms with van der Waals surface area (Å²) in [7, 11) is 0. The topological polar surface area (TPSA) is 68.0 Å². The predicted octanol–water partition coefficient (Wildman–Crippen LogP) is 2.54. The SMILES string of the molecule is CC(C)(C)n1nncc1-c1cc(F)cc(C(=O)O)c1. The summed E-state index contributed by atoms with van der Waals surface area (Å²) < 4.78 is 15.1. The highest BCUT2D eigenvalue weighted by Crippen LogP contribution is 2.25. The zero-order chi connectivity index (χ0) is 14.2. The van der Waals surface area contributed by atoms with E-state index < -0.39 is 11.8 Å². The molecule has 1 heterocycles. The molecule has 1 aromatic carbocycles. The summed E-state index contributed by atoms with van der Waals surface area (Å²) in [5.41, 5.74) is 0.588. The van der Waals surface area contributed by atoms with Gasteiger partial charge in [-0.3, -0.25) is 0 Å². The van der Waals surface area contributed by atoms with Crippen LogP contribution in [-0.4, -0.2) is 26.1 Å². The van der Waals surface area contributed by atoms with Gasteiger partial charge in [0.25, 0.3) is 0 Å². The first-order chi connectivity index (χ1) is 8.79. The van der Waals surface area contributed by atoms with Crippen molar-refractivity contribution in [1.29, 1.82) is 0 Å². The highest BCUT2D eigenvalue weighted by molar-refractivity contribution is 5.89. The van der Waals surface area contributed by atoms with Gasteiger partial charge in [-0.2, -0.15) is 0 Å². The molecule has 5 nitrogen and oxygen atoms in total. The van der Waals surface area contributed by atoms with Crippen LogP contribution in [0, 0.1) is 5.82 Å². The minimum absolute atomic E-state index is 0.100. The Labute approximate surface area is 109 Å². The zero-order valence-corrected chi connectivity index (χ0v) is 10.9. The molecule has 1 aromatic heterocycles. The van der Waals surface area contributed by atoms with E-state index in [0.717, 1.165) is 6.07 Å². The lowest BCUT2D eigenvalue weighted by Gasteiger charge is -2.21. The molecule has 0 aliphatic heterocycles. The van der Waals surface area contributed by atoms with Gasteiger partial charge in [-0.15, -0.1) is 5.10 Å². The van der Waals surface area contributed by atoms with Crippen molar-refractivity contribution in [2.24, 2.45) is 0 Å². The lowest BCUT2D eigenvalue weighted by atomic mass is 10.0. The number of nitrogens with zero attached hydrogens (tertiary/aromatic N) is 3. The first-order valence-corrected chi connectivity index (χ1v) is 5.74. The minimum atomic E-state index is -1.17. The lowest BCUT2D eigenvalue weighted by molar-refractivity contribution is 0.0696. The van der Waals surface area contributed by atoms with Crippen LogP contribution in [0.2, 0.25) is 0 Å². The highest BCUT2D eigenvalue weighted by Gasteiger charge is 2.20. The average molecular weight is 263 g/mol. The van der Waals surface area contributed by atoms with Crippen molar-refractivity contribution in [3.63, 3.8) is 0 Å². The Balaban J connectivity index is 2.60. The van der Waals surface area contributed by atoms with Gasteiger partial charge in [-0.1, -0.05) is 5.21 Å². The Morgan fingerprint density at radius 2 is 2.00 bits per heavy atom. The van der Waals surface area contributed by atoms with E-state index in [-0.39, 0.29) is 11.1 Å². The molecule has 19 heavy (non-hydrogen) atoms. The number of carboxylic acids is 1. The molecular weight excluding hydrogens is 249 g/mol. The standard InChI is InChI=1S/C13H14FN3O2/c1-13(2,3)17-11(7-15-16-17)8-4-9(12(18)19)6-10(14)5-8/h4-7H,1-3H3,(H,18,19). The van der Waals surface area contributed by atoms with Gasteiger partial charge in [0.1, 0.15) is 5.82 Å². The quantitative estimate of drug-likeness (QED) is 0.904. The fourth-order valence-corrected chi connectivity index (χ4v) is 1.79. The molecule has 6 heteroatoms. The van der Waals surface area contributed by atoms with Gasteiger partial charge in [0.15, 0.2) is 0 Å². The predicted molar refractivity (Wildman–Crippen MR) is 67.4 cm³/mol. The number of aromatic carboxylic acids is 1. The molecule has 2 rings (SSSR count). The van der Waals surface area contributed by atoms with Crippen LogP contribution in [0.5, 0.6) is 0 Å². The summed E-state index contributed by atoms with van der Waals surface area (Å²) in [6, 6.07) is 3.66. The minimum Gasteiger partial charge on any atom is -0.478 e. The van der Waals surface area contributed by atoms with Gasteiger partial charge in [-0.05, 0) is 39.0 Å². The summed E-state index contributed by atoms with van der Waals surface area (Å²) in [5.74, 6) is -1.77. The van der Waals surface area contributed by atoms with Crippen LogP contribution in [0.3, 0.4) is 0 Å². The maximum atomic E-state index is 13.5. The van der Waals surface area contributed by atoms with Crippen molar-refractivity contribution in [1.82, 2.24) is 15.0 Å². The maximum Gasteiger partial charge on any atom is 0.335 e. The molecule has 0 atom stereocenters. The van der Waals surface area contributed by atoms with Crippen LogP contribution >= 0.6 is 0 Å². The van der Waals surface area contributed by atoms with Crippen LogP contribution in [0.15, 0.2) is 24.4 Å².